The molecular formula is C36H38F4N4O3Si. The van der Waals surface area contributed by atoms with Gasteiger partial charge in [-0.1, -0.05) is 56.6 Å². The zero-order valence-electron chi connectivity index (χ0n) is 27.4. The van der Waals surface area contributed by atoms with E-state index in [9.17, 15) is 22.4 Å². The first-order chi connectivity index (χ1) is 22.8. The van der Waals surface area contributed by atoms with E-state index in [2.05, 4.69) is 36.5 Å². The average molecular weight is 679 g/mol. The van der Waals surface area contributed by atoms with Crippen LogP contribution in [-0.4, -0.2) is 40.4 Å². The van der Waals surface area contributed by atoms with E-state index in [0.29, 0.717) is 36.6 Å². The Morgan fingerprint density at radius 2 is 1.75 bits per heavy atom. The first-order valence-electron chi connectivity index (χ1n) is 15.9. The summed E-state index contributed by atoms with van der Waals surface area (Å²) >= 11 is 0. The molecule has 5 rings (SSSR count). The lowest BCUT2D eigenvalue weighted by Crippen LogP contribution is -2.26. The number of rotatable bonds is 11. The fraction of sp³-hybridized carbons (Fsp3) is 0.361. The van der Waals surface area contributed by atoms with Crippen LogP contribution in [0.2, 0.25) is 25.7 Å². The van der Waals surface area contributed by atoms with Crippen molar-refractivity contribution in [1.29, 1.82) is 0 Å². The first-order valence-corrected chi connectivity index (χ1v) is 19.6. The van der Waals surface area contributed by atoms with Gasteiger partial charge in [0.25, 0.3) is 5.56 Å². The molecule has 0 amide bonds. The highest BCUT2D eigenvalue weighted by molar-refractivity contribution is 6.76. The van der Waals surface area contributed by atoms with E-state index in [0.717, 1.165) is 18.2 Å². The predicted octanol–water partition coefficient (Wildman–Crippen LogP) is 8.48. The molecule has 1 unspecified atom stereocenters. The van der Waals surface area contributed by atoms with Gasteiger partial charge in [0.2, 0.25) is 0 Å². The van der Waals surface area contributed by atoms with Gasteiger partial charge in [-0.3, -0.25) is 13.9 Å². The number of hydrogen-bond acceptors (Lipinski definition) is 5. The molecule has 1 atom stereocenters. The Balaban J connectivity index is 1.50. The third-order valence-corrected chi connectivity index (χ3v) is 9.45. The van der Waals surface area contributed by atoms with Crippen LogP contribution in [0, 0.1) is 17.8 Å². The van der Waals surface area contributed by atoms with Crippen molar-refractivity contribution in [1.82, 2.24) is 19.1 Å². The monoisotopic (exact) mass is 678 g/mol. The molecule has 252 valence electrons. The normalized spacial score (nSPS) is 14.9. The van der Waals surface area contributed by atoms with Gasteiger partial charge in [-0.05, 0) is 67.4 Å². The standard InChI is InChI=1S/C36H38F4N4O3Si/c1-5-19-43-34(27-9-6-10-28(23-27)36(38,39)40)42-32-31(35(43)45)44(24-46-21-22-48(2,3)4)33(41-32)26-13-17-30(18-14-26)47-20-7-8-25-11-15-29(37)16-12-25/h6,9-11,13-18,23,25H,5,12,19-22,24H2,1-4H3. The van der Waals surface area contributed by atoms with Crippen LogP contribution in [0.25, 0.3) is 33.9 Å². The highest BCUT2D eigenvalue weighted by Crippen LogP contribution is 2.32. The Morgan fingerprint density at radius 1 is 1.02 bits per heavy atom. The van der Waals surface area contributed by atoms with E-state index in [1.165, 1.54) is 28.9 Å². The van der Waals surface area contributed by atoms with Crippen molar-refractivity contribution >= 4 is 19.2 Å². The Labute approximate surface area is 277 Å². The van der Waals surface area contributed by atoms with Crippen molar-refractivity contribution in [3.8, 4) is 40.4 Å². The largest absolute Gasteiger partial charge is 0.481 e. The smallest absolute Gasteiger partial charge is 0.416 e. The van der Waals surface area contributed by atoms with Crippen molar-refractivity contribution in [3.63, 3.8) is 0 Å². The van der Waals surface area contributed by atoms with Gasteiger partial charge < -0.3 is 9.47 Å². The summed E-state index contributed by atoms with van der Waals surface area (Å²) in [6, 6.07) is 12.9. The second kappa shape index (κ2) is 14.7. The van der Waals surface area contributed by atoms with Crippen LogP contribution < -0.4 is 10.3 Å². The molecule has 12 heteroatoms. The topological polar surface area (TPSA) is 71.2 Å². The Bertz CT molecular complexity index is 1940. The van der Waals surface area contributed by atoms with Crippen LogP contribution in [0.5, 0.6) is 5.75 Å². The molecule has 0 bridgehead atoms. The van der Waals surface area contributed by atoms with E-state index in [1.807, 2.05) is 6.92 Å². The molecule has 2 aromatic carbocycles. The molecule has 2 aromatic heterocycles. The Hall–Kier alpha value is -4.47. The third-order valence-electron chi connectivity index (χ3n) is 7.74. The third kappa shape index (κ3) is 8.51. The highest BCUT2D eigenvalue weighted by Gasteiger charge is 2.31. The summed E-state index contributed by atoms with van der Waals surface area (Å²) < 4.78 is 68.9. The van der Waals surface area contributed by atoms with E-state index in [-0.39, 0.29) is 54.2 Å². The number of imidazole rings is 1. The fourth-order valence-electron chi connectivity index (χ4n) is 5.17. The van der Waals surface area contributed by atoms with E-state index < -0.39 is 25.4 Å². The number of hydrogen-bond donors (Lipinski definition) is 0. The van der Waals surface area contributed by atoms with Crippen LogP contribution in [0.15, 0.2) is 77.4 Å². The van der Waals surface area contributed by atoms with Crippen LogP contribution in [-0.2, 0) is 24.2 Å². The summed E-state index contributed by atoms with van der Waals surface area (Å²) in [5.74, 6) is 6.84. The highest BCUT2D eigenvalue weighted by atomic mass is 28.3. The number of benzene rings is 2. The molecule has 4 aromatic rings. The summed E-state index contributed by atoms with van der Waals surface area (Å²) in [5, 5.41) is 0. The van der Waals surface area contributed by atoms with Gasteiger partial charge in [-0.25, -0.2) is 14.4 Å². The Kier molecular flexibility index (Phi) is 10.7. The van der Waals surface area contributed by atoms with Crippen LogP contribution in [0.1, 0.15) is 25.3 Å². The summed E-state index contributed by atoms with van der Waals surface area (Å²) in [7, 11) is -1.39. The molecule has 0 spiro atoms. The second-order valence-electron chi connectivity index (χ2n) is 12.8. The molecule has 0 saturated carbocycles. The molecular weight excluding hydrogens is 640 g/mol. The van der Waals surface area contributed by atoms with Gasteiger partial charge >= 0.3 is 6.18 Å². The van der Waals surface area contributed by atoms with Gasteiger partial charge in [-0.15, -0.1) is 0 Å². The Morgan fingerprint density at radius 3 is 2.40 bits per heavy atom. The molecule has 7 nitrogen and oxygen atoms in total. The molecule has 1 aliphatic carbocycles. The van der Waals surface area contributed by atoms with E-state index >= 15 is 0 Å². The van der Waals surface area contributed by atoms with E-state index in [4.69, 9.17) is 14.5 Å². The van der Waals surface area contributed by atoms with Crippen LogP contribution >= 0.6 is 0 Å². The molecule has 0 aliphatic heterocycles. The first kappa shape index (κ1) is 34.9. The second-order valence-corrected chi connectivity index (χ2v) is 18.4. The zero-order chi connectivity index (χ0) is 34.5. The number of fused-ring (bicyclic) bond motifs is 1. The molecule has 2 heterocycles. The summed E-state index contributed by atoms with van der Waals surface area (Å²) in [6.45, 7) is 9.58. The summed E-state index contributed by atoms with van der Waals surface area (Å²) in [4.78, 5) is 23.5. The maximum Gasteiger partial charge on any atom is 0.416 e. The van der Waals surface area contributed by atoms with Crippen molar-refractivity contribution in [2.75, 3.05) is 13.2 Å². The van der Waals surface area contributed by atoms with Crippen LogP contribution in [0.4, 0.5) is 17.6 Å². The fourth-order valence-corrected chi connectivity index (χ4v) is 5.93. The SMILES string of the molecule is CCCn1c(-c2cccc(C(F)(F)F)c2)nc2nc(-c3ccc(OCC#CC4C=CC(F)=CC4)cc3)n(COCC[Si](C)(C)C)c2c1=O. The number of aromatic nitrogens is 4. The number of halogens is 4. The van der Waals surface area contributed by atoms with E-state index in [1.54, 1.807) is 34.9 Å². The molecule has 0 saturated heterocycles. The van der Waals surface area contributed by atoms with Crippen molar-refractivity contribution in [3.05, 3.63) is 88.5 Å². The maximum atomic E-state index is 14.1. The molecule has 48 heavy (non-hydrogen) atoms. The van der Waals surface area contributed by atoms with Gasteiger partial charge in [-0.2, -0.15) is 13.2 Å². The van der Waals surface area contributed by atoms with Gasteiger partial charge in [0.15, 0.2) is 11.2 Å². The minimum atomic E-state index is -4.55. The molecule has 0 N–H and O–H groups in total. The minimum absolute atomic E-state index is 0.0464. The number of alkyl halides is 3. The molecule has 1 aliphatic rings. The molecule has 0 fully saturated rings. The predicted molar refractivity (Wildman–Crippen MR) is 182 cm³/mol. The van der Waals surface area contributed by atoms with Crippen molar-refractivity contribution < 1.29 is 27.0 Å². The van der Waals surface area contributed by atoms with Crippen molar-refractivity contribution in [2.45, 2.75) is 64.9 Å². The number of nitrogens with zero attached hydrogens (tertiary/aromatic N) is 4. The summed E-state index contributed by atoms with van der Waals surface area (Å²) in [5.41, 5.74) is -0.0664. The maximum absolute atomic E-state index is 14.1. The molecule has 0 radical (unpaired) electrons. The van der Waals surface area contributed by atoms with Crippen LogP contribution in [0.3, 0.4) is 0 Å². The lowest BCUT2D eigenvalue weighted by atomic mass is 10.0. The lowest BCUT2D eigenvalue weighted by Gasteiger charge is -2.17. The average Bonchev–Trinajstić information content (AvgIpc) is 3.41. The number of allylic oxidation sites excluding steroid dienone is 4. The number of ether oxygens (including phenoxy) is 2. The van der Waals surface area contributed by atoms with Gasteiger partial charge in [0.05, 0.1) is 5.56 Å². The van der Waals surface area contributed by atoms with Gasteiger partial charge in [0.1, 0.15) is 36.6 Å². The quantitative estimate of drug-likeness (QED) is 0.0689. The zero-order valence-corrected chi connectivity index (χ0v) is 28.4. The minimum Gasteiger partial charge on any atom is -0.481 e. The van der Waals surface area contributed by atoms with Crippen molar-refractivity contribution in [2.24, 2.45) is 5.92 Å². The lowest BCUT2D eigenvalue weighted by molar-refractivity contribution is -0.137. The summed E-state index contributed by atoms with van der Waals surface area (Å²) in [6.07, 6.45) is 1.18. The van der Waals surface area contributed by atoms with Gasteiger partial charge in [0, 0.05) is 38.3 Å².